The predicted octanol–water partition coefficient (Wildman–Crippen LogP) is 4.49. The largest absolute Gasteiger partial charge is 0.497 e. The Morgan fingerprint density at radius 3 is 2.41 bits per heavy atom. The van der Waals surface area contributed by atoms with E-state index in [1.165, 1.54) is 22.5 Å². The highest BCUT2D eigenvalue weighted by atomic mass is 32.1. The van der Waals surface area contributed by atoms with Crippen LogP contribution in [0.15, 0.2) is 24.3 Å². The number of hydrogen-bond donors (Lipinski definition) is 0. The minimum Gasteiger partial charge on any atom is -0.497 e. The lowest BCUT2D eigenvalue weighted by Crippen LogP contribution is -2.43. The number of fused-ring (bicyclic) bond motifs is 1. The molecule has 0 atom stereocenters. The van der Waals surface area contributed by atoms with Gasteiger partial charge in [0.05, 0.1) is 19.1 Å². The van der Waals surface area contributed by atoms with E-state index in [0.717, 1.165) is 76.9 Å². The molecule has 7 heteroatoms. The molecule has 1 fully saturated rings. The summed E-state index contributed by atoms with van der Waals surface area (Å²) < 4.78 is 10.7. The molecule has 0 amide bonds. The highest BCUT2D eigenvalue weighted by Gasteiger charge is 2.16. The van der Waals surface area contributed by atoms with Crippen molar-refractivity contribution in [2.45, 2.75) is 27.3 Å². The van der Waals surface area contributed by atoms with E-state index in [9.17, 15) is 4.79 Å². The smallest absolute Gasteiger partial charge is 0.160 e. The average molecular weight is 456 g/mol. The normalized spacial score (nSPS) is 14.7. The average Bonchev–Trinajstić information content (AvgIpc) is 3.11. The van der Waals surface area contributed by atoms with Gasteiger partial charge in [-0.3, -0.25) is 9.69 Å². The topological polar surface area (TPSA) is 54.9 Å². The maximum Gasteiger partial charge on any atom is 0.160 e. The van der Waals surface area contributed by atoms with Gasteiger partial charge in [0.2, 0.25) is 0 Å². The number of aldehydes is 1. The first-order valence-electron chi connectivity index (χ1n) is 10.8. The van der Waals surface area contributed by atoms with Gasteiger partial charge >= 0.3 is 0 Å². The minimum absolute atomic E-state index is 0.793. The van der Waals surface area contributed by atoms with Gasteiger partial charge in [-0.25, -0.2) is 4.98 Å². The SMILES string of the molecule is COc1ccc(OC)c(CN2CCN(C)CC2)c1.Cc1cc(C)c2c(C)c(C=O)sc2n1. The first-order chi connectivity index (χ1) is 15.4. The third kappa shape index (κ3) is 5.65. The lowest BCUT2D eigenvalue weighted by Gasteiger charge is -2.32. The molecule has 1 aliphatic heterocycles. The van der Waals surface area contributed by atoms with E-state index < -0.39 is 0 Å². The van der Waals surface area contributed by atoms with Gasteiger partial charge in [-0.2, -0.15) is 0 Å². The fourth-order valence-corrected chi connectivity index (χ4v) is 5.12. The van der Waals surface area contributed by atoms with Crippen LogP contribution in [0.1, 0.15) is 32.1 Å². The first-order valence-corrected chi connectivity index (χ1v) is 11.6. The summed E-state index contributed by atoms with van der Waals surface area (Å²) in [5, 5.41) is 1.14. The van der Waals surface area contributed by atoms with Crippen LogP contribution in [0.3, 0.4) is 0 Å². The maximum atomic E-state index is 10.8. The standard InChI is InChI=1S/C14H22N2O2.C11H11NOS/c1-15-6-8-16(9-7-15)11-12-10-13(17-2)4-5-14(12)18-3;1-6-4-7(2)12-11-10(6)8(3)9(5-13)14-11/h4-5,10H,6-9,11H2,1-3H3;4-5H,1-3H3. The summed E-state index contributed by atoms with van der Waals surface area (Å²) in [5.74, 6) is 1.83. The number of likely N-dealkylation sites (N-methyl/N-ethyl adjacent to an activating group) is 1. The second-order valence-electron chi connectivity index (χ2n) is 8.23. The monoisotopic (exact) mass is 455 g/mol. The second-order valence-corrected chi connectivity index (χ2v) is 9.26. The van der Waals surface area contributed by atoms with Crippen LogP contribution < -0.4 is 9.47 Å². The van der Waals surface area contributed by atoms with Crippen molar-refractivity contribution in [3.63, 3.8) is 0 Å². The van der Waals surface area contributed by atoms with E-state index in [4.69, 9.17) is 9.47 Å². The van der Waals surface area contributed by atoms with Crippen LogP contribution in [0, 0.1) is 20.8 Å². The van der Waals surface area contributed by atoms with Crippen molar-refractivity contribution in [3.8, 4) is 11.5 Å². The zero-order chi connectivity index (χ0) is 23.3. The molecule has 1 saturated heterocycles. The van der Waals surface area contributed by atoms with Gasteiger partial charge < -0.3 is 14.4 Å². The number of methoxy groups -OCH3 is 2. The van der Waals surface area contributed by atoms with Crippen molar-refractivity contribution in [2.24, 2.45) is 0 Å². The summed E-state index contributed by atoms with van der Waals surface area (Å²) in [6.45, 7) is 11.4. The highest BCUT2D eigenvalue weighted by molar-refractivity contribution is 7.20. The molecule has 0 bridgehead atoms. The molecule has 1 aromatic carbocycles. The second kappa shape index (κ2) is 10.9. The van der Waals surface area contributed by atoms with Crippen LogP contribution >= 0.6 is 11.3 Å². The summed E-state index contributed by atoms with van der Waals surface area (Å²) in [5.41, 5.74) is 4.47. The van der Waals surface area contributed by atoms with Crippen LogP contribution in [-0.4, -0.2) is 68.5 Å². The Hall–Kier alpha value is -2.48. The van der Waals surface area contributed by atoms with Gasteiger partial charge in [-0.05, 0) is 63.2 Å². The van der Waals surface area contributed by atoms with Crippen molar-refractivity contribution >= 4 is 27.8 Å². The van der Waals surface area contributed by atoms with Crippen molar-refractivity contribution < 1.29 is 14.3 Å². The molecule has 3 heterocycles. The van der Waals surface area contributed by atoms with E-state index in [-0.39, 0.29) is 0 Å². The third-order valence-electron chi connectivity index (χ3n) is 5.85. The predicted molar refractivity (Wildman–Crippen MR) is 132 cm³/mol. The zero-order valence-electron chi connectivity index (χ0n) is 19.9. The number of rotatable bonds is 5. The van der Waals surface area contributed by atoms with Gasteiger partial charge in [0.25, 0.3) is 0 Å². The van der Waals surface area contributed by atoms with E-state index >= 15 is 0 Å². The minimum atomic E-state index is 0.793. The summed E-state index contributed by atoms with van der Waals surface area (Å²) in [7, 11) is 5.58. The number of aromatic nitrogens is 1. The lowest BCUT2D eigenvalue weighted by atomic mass is 10.1. The molecule has 172 valence electrons. The van der Waals surface area contributed by atoms with Crippen LogP contribution in [0.25, 0.3) is 10.2 Å². The van der Waals surface area contributed by atoms with Gasteiger partial charge in [0.1, 0.15) is 16.3 Å². The fraction of sp³-hybridized carbons (Fsp3) is 0.440. The number of nitrogens with zero attached hydrogens (tertiary/aromatic N) is 3. The molecule has 3 aromatic rings. The highest BCUT2D eigenvalue weighted by Crippen LogP contribution is 2.31. The molecule has 0 aliphatic carbocycles. The molecular formula is C25H33N3O3S. The van der Waals surface area contributed by atoms with E-state index in [1.54, 1.807) is 14.2 Å². The molecule has 2 aromatic heterocycles. The van der Waals surface area contributed by atoms with E-state index in [1.807, 2.05) is 26.0 Å². The molecular weight excluding hydrogens is 422 g/mol. The Labute approximate surface area is 194 Å². The quantitative estimate of drug-likeness (QED) is 0.529. The molecule has 4 rings (SSSR count). The third-order valence-corrected chi connectivity index (χ3v) is 6.96. The summed E-state index contributed by atoms with van der Waals surface area (Å²) >= 11 is 1.47. The van der Waals surface area contributed by atoms with E-state index in [0.29, 0.717) is 0 Å². The van der Waals surface area contributed by atoms with Gasteiger partial charge in [-0.1, -0.05) is 0 Å². The van der Waals surface area contributed by atoms with E-state index in [2.05, 4.69) is 40.9 Å². The van der Waals surface area contributed by atoms with Crippen LogP contribution in [0.2, 0.25) is 0 Å². The maximum absolute atomic E-state index is 10.8. The van der Waals surface area contributed by atoms with Crippen LogP contribution in [-0.2, 0) is 6.54 Å². The number of benzene rings is 1. The van der Waals surface area contributed by atoms with Crippen LogP contribution in [0.5, 0.6) is 11.5 Å². The van der Waals surface area contributed by atoms with Crippen molar-refractivity contribution in [2.75, 3.05) is 47.4 Å². The molecule has 32 heavy (non-hydrogen) atoms. The van der Waals surface area contributed by atoms with Crippen molar-refractivity contribution in [3.05, 3.63) is 51.5 Å². The first kappa shape index (κ1) is 24.2. The number of pyridine rings is 1. The van der Waals surface area contributed by atoms with Gasteiger partial charge in [-0.15, -0.1) is 11.3 Å². The zero-order valence-corrected chi connectivity index (χ0v) is 20.7. The number of aryl methyl sites for hydroxylation is 3. The van der Waals surface area contributed by atoms with Gasteiger partial charge in [0.15, 0.2) is 6.29 Å². The summed E-state index contributed by atoms with van der Waals surface area (Å²) in [4.78, 5) is 21.8. The molecule has 0 radical (unpaired) electrons. The summed E-state index contributed by atoms with van der Waals surface area (Å²) in [6, 6.07) is 8.03. The Kier molecular flexibility index (Phi) is 8.23. The Morgan fingerprint density at radius 1 is 1.06 bits per heavy atom. The molecule has 0 saturated carbocycles. The van der Waals surface area contributed by atoms with Crippen molar-refractivity contribution in [1.82, 2.24) is 14.8 Å². The number of carbonyl (C=O) groups excluding carboxylic acids is 1. The Morgan fingerprint density at radius 2 is 1.78 bits per heavy atom. The number of thiophene rings is 1. The number of ether oxygens (including phenoxy) is 2. The van der Waals surface area contributed by atoms with Crippen molar-refractivity contribution in [1.29, 1.82) is 0 Å². The molecule has 0 unspecified atom stereocenters. The Bertz CT molecular complexity index is 1070. The Balaban J connectivity index is 0.000000186. The lowest BCUT2D eigenvalue weighted by molar-refractivity contribution is 0.112. The van der Waals surface area contributed by atoms with Gasteiger partial charge in [0, 0.05) is 49.4 Å². The van der Waals surface area contributed by atoms with Crippen LogP contribution in [0.4, 0.5) is 0 Å². The number of piperazine rings is 1. The molecule has 6 nitrogen and oxygen atoms in total. The molecule has 0 spiro atoms. The molecule has 1 aliphatic rings. The summed E-state index contributed by atoms with van der Waals surface area (Å²) in [6.07, 6.45) is 0.913. The molecule has 0 N–H and O–H groups in total. The number of hydrogen-bond acceptors (Lipinski definition) is 7. The number of carbonyl (C=O) groups is 1. The fourth-order valence-electron chi connectivity index (χ4n) is 4.00.